The molecular weight excluding hydrogens is 604 g/mol. The number of hydrogen-bond acceptors (Lipinski definition) is 4. The Morgan fingerprint density at radius 1 is 0.592 bits per heavy atom. The fourth-order valence-corrected chi connectivity index (χ4v) is 7.62. The Morgan fingerprint density at radius 2 is 1.29 bits per heavy atom. The Hall–Kier alpha value is -5.22. The van der Waals surface area contributed by atoms with Gasteiger partial charge in [0, 0.05) is 22.3 Å². The van der Waals surface area contributed by atoms with Crippen molar-refractivity contribution in [2.75, 3.05) is 0 Å². The molecule has 0 N–H and O–H groups in total. The van der Waals surface area contributed by atoms with Crippen molar-refractivity contribution >= 4 is 33.5 Å². The summed E-state index contributed by atoms with van der Waals surface area (Å²) in [4.78, 5) is 26.6. The molecule has 49 heavy (non-hydrogen) atoms. The molecule has 0 saturated heterocycles. The summed E-state index contributed by atoms with van der Waals surface area (Å²) in [6, 6.07) is 38.2. The number of carbonyl (C=O) groups is 2. The smallest absolute Gasteiger partial charge is 0.312 e. The van der Waals surface area contributed by atoms with Gasteiger partial charge in [-0.1, -0.05) is 103 Å². The van der Waals surface area contributed by atoms with Crippen LogP contribution in [-0.4, -0.2) is 11.9 Å². The van der Waals surface area contributed by atoms with Crippen LogP contribution in [0.3, 0.4) is 0 Å². The zero-order chi connectivity index (χ0) is 34.5. The fourth-order valence-electron chi connectivity index (χ4n) is 7.62. The zero-order valence-electron chi connectivity index (χ0n) is 29.1. The van der Waals surface area contributed by atoms with E-state index < -0.39 is 22.5 Å². The molecule has 2 aliphatic carbocycles. The van der Waals surface area contributed by atoms with E-state index in [1.165, 1.54) is 0 Å². The molecular formula is C45H40O4. The average Bonchev–Trinajstić information content (AvgIpc) is 3.52. The van der Waals surface area contributed by atoms with Gasteiger partial charge in [-0.25, -0.2) is 0 Å². The lowest BCUT2D eigenvalue weighted by molar-refractivity contribution is -0.164. The summed E-state index contributed by atoms with van der Waals surface area (Å²) in [6.45, 7) is 13.4. The predicted octanol–water partition coefficient (Wildman–Crippen LogP) is 11.2. The van der Waals surface area contributed by atoms with Crippen LogP contribution in [-0.2, 0) is 24.7 Å². The van der Waals surface area contributed by atoms with Crippen molar-refractivity contribution in [3.63, 3.8) is 0 Å². The van der Waals surface area contributed by atoms with Crippen molar-refractivity contribution in [3.8, 4) is 33.4 Å². The van der Waals surface area contributed by atoms with Gasteiger partial charge in [-0.15, -0.1) is 0 Å². The van der Waals surface area contributed by atoms with Crippen LogP contribution in [0.1, 0.15) is 76.8 Å². The zero-order valence-corrected chi connectivity index (χ0v) is 29.1. The molecule has 4 nitrogen and oxygen atoms in total. The van der Waals surface area contributed by atoms with Crippen LogP contribution in [0.25, 0.3) is 54.9 Å². The minimum Gasteiger partial charge on any atom is -0.452 e. The number of ether oxygens (including phenoxy) is 2. The summed E-state index contributed by atoms with van der Waals surface area (Å²) in [5, 5.41) is 4.44. The van der Waals surface area contributed by atoms with Crippen LogP contribution >= 0.6 is 0 Å². The lowest BCUT2D eigenvalue weighted by Crippen LogP contribution is -2.34. The summed E-state index contributed by atoms with van der Waals surface area (Å²) >= 11 is 0. The van der Waals surface area contributed by atoms with Gasteiger partial charge in [0.2, 0.25) is 0 Å². The summed E-state index contributed by atoms with van der Waals surface area (Å²) < 4.78 is 12.7. The van der Waals surface area contributed by atoms with Gasteiger partial charge in [0.05, 0.1) is 10.8 Å². The minimum absolute atomic E-state index is 0.222. The third-order valence-corrected chi connectivity index (χ3v) is 10.2. The first-order chi connectivity index (χ1) is 23.3. The van der Waals surface area contributed by atoms with Crippen LogP contribution in [0.2, 0.25) is 0 Å². The molecule has 0 aliphatic heterocycles. The molecule has 6 aromatic carbocycles. The molecule has 0 saturated carbocycles. The van der Waals surface area contributed by atoms with E-state index in [-0.39, 0.29) is 11.9 Å². The Labute approximate surface area is 287 Å². The molecule has 0 fully saturated rings. The number of carbonyl (C=O) groups excluding carboxylic acids is 2. The number of fused-ring (bicyclic) bond motifs is 10. The first-order valence-electron chi connectivity index (χ1n) is 17.0. The highest BCUT2D eigenvalue weighted by Gasteiger charge is 2.46. The lowest BCUT2D eigenvalue weighted by Gasteiger charge is -2.31. The fraction of sp³-hybridized carbons (Fsp3) is 0.244. The monoisotopic (exact) mass is 644 g/mol. The minimum atomic E-state index is -0.947. The van der Waals surface area contributed by atoms with Gasteiger partial charge in [0.15, 0.2) is 11.7 Å². The van der Waals surface area contributed by atoms with E-state index in [0.29, 0.717) is 0 Å². The molecule has 0 radical (unpaired) electrons. The van der Waals surface area contributed by atoms with Crippen LogP contribution in [0.4, 0.5) is 0 Å². The van der Waals surface area contributed by atoms with Crippen molar-refractivity contribution in [1.82, 2.24) is 0 Å². The number of hydrogen-bond donors (Lipinski definition) is 0. The van der Waals surface area contributed by atoms with E-state index >= 15 is 0 Å². The van der Waals surface area contributed by atoms with Gasteiger partial charge in [0.1, 0.15) is 0 Å². The molecule has 0 bridgehead atoms. The van der Waals surface area contributed by atoms with Crippen LogP contribution in [0, 0.1) is 10.8 Å². The van der Waals surface area contributed by atoms with Crippen LogP contribution in [0.15, 0.2) is 109 Å². The number of benzene rings is 6. The second kappa shape index (κ2) is 10.6. The molecule has 0 aromatic heterocycles. The van der Waals surface area contributed by atoms with E-state index in [1.807, 2.05) is 72.7 Å². The number of esters is 2. The Morgan fingerprint density at radius 3 is 2.06 bits per heavy atom. The topological polar surface area (TPSA) is 52.6 Å². The van der Waals surface area contributed by atoms with E-state index in [4.69, 9.17) is 9.47 Å². The average molecular weight is 645 g/mol. The van der Waals surface area contributed by atoms with E-state index in [0.717, 1.165) is 77.2 Å². The van der Waals surface area contributed by atoms with Crippen molar-refractivity contribution in [2.24, 2.45) is 10.8 Å². The van der Waals surface area contributed by atoms with Gasteiger partial charge < -0.3 is 9.47 Å². The molecule has 4 heteroatoms. The van der Waals surface area contributed by atoms with Gasteiger partial charge in [-0.3, -0.25) is 9.59 Å². The SMILES string of the molecule is CC(C)(C)C(=O)OC1c2ccccc2-c2c1ccc1c(-c3ccc4c(c3)-c3ccc5ccccc5c3C4(C)OC(=O)C(C)(C)C)cccc21. The molecule has 0 amide bonds. The molecule has 244 valence electrons. The lowest BCUT2D eigenvalue weighted by atomic mass is 9.87. The van der Waals surface area contributed by atoms with Crippen LogP contribution < -0.4 is 0 Å². The third-order valence-electron chi connectivity index (χ3n) is 10.2. The highest BCUT2D eigenvalue weighted by Crippen LogP contribution is 2.54. The normalized spacial score (nSPS) is 17.7. The van der Waals surface area contributed by atoms with Gasteiger partial charge in [-0.2, -0.15) is 0 Å². The molecule has 6 aromatic rings. The Kier molecular flexibility index (Phi) is 6.75. The van der Waals surface area contributed by atoms with E-state index in [9.17, 15) is 9.59 Å². The molecule has 2 aliphatic rings. The summed E-state index contributed by atoms with van der Waals surface area (Å²) in [5.41, 5.74) is 8.37. The highest BCUT2D eigenvalue weighted by molar-refractivity contribution is 6.08. The van der Waals surface area contributed by atoms with Crippen LogP contribution in [0.5, 0.6) is 0 Å². The molecule has 8 rings (SSSR count). The Balaban J connectivity index is 1.30. The quantitative estimate of drug-likeness (QED) is 0.180. The largest absolute Gasteiger partial charge is 0.452 e. The number of rotatable bonds is 3. The van der Waals surface area contributed by atoms with Gasteiger partial charge in [0.25, 0.3) is 0 Å². The maximum absolute atomic E-state index is 13.5. The summed E-state index contributed by atoms with van der Waals surface area (Å²) in [7, 11) is 0. The van der Waals surface area contributed by atoms with Gasteiger partial charge >= 0.3 is 11.9 Å². The molecule has 2 unspecified atom stereocenters. The maximum Gasteiger partial charge on any atom is 0.312 e. The molecule has 0 spiro atoms. The predicted molar refractivity (Wildman–Crippen MR) is 197 cm³/mol. The molecule has 0 heterocycles. The maximum atomic E-state index is 13.5. The highest BCUT2D eigenvalue weighted by atomic mass is 16.6. The second-order valence-electron chi connectivity index (χ2n) is 15.7. The van der Waals surface area contributed by atoms with Crippen molar-refractivity contribution < 1.29 is 19.1 Å². The second-order valence-corrected chi connectivity index (χ2v) is 15.7. The molecule has 2 atom stereocenters. The van der Waals surface area contributed by atoms with Crippen molar-refractivity contribution in [3.05, 3.63) is 131 Å². The first-order valence-corrected chi connectivity index (χ1v) is 17.0. The summed E-state index contributed by atoms with van der Waals surface area (Å²) in [6.07, 6.45) is -0.453. The Bertz CT molecular complexity index is 2370. The standard InChI is InChI=1S/C45H40O4/c1-43(2,3)41(46)48-40-34-16-11-10-15-32(34)38-31-18-12-17-28(30(31)22-23-35(38)40)27-20-24-37-36(25-27)33-21-19-26-13-8-9-14-29(26)39(33)45(37,7)49-42(47)44(4,5)6/h8-25,40H,1-7H3. The first kappa shape index (κ1) is 31.1. The third kappa shape index (κ3) is 4.72. The summed E-state index contributed by atoms with van der Waals surface area (Å²) in [5.74, 6) is -0.458. The van der Waals surface area contributed by atoms with E-state index in [1.54, 1.807) is 0 Å². The van der Waals surface area contributed by atoms with Crippen molar-refractivity contribution in [2.45, 2.75) is 60.2 Å². The van der Waals surface area contributed by atoms with E-state index in [2.05, 4.69) is 84.9 Å². The van der Waals surface area contributed by atoms with Crippen molar-refractivity contribution in [1.29, 1.82) is 0 Å². The van der Waals surface area contributed by atoms with Gasteiger partial charge in [-0.05, 0) is 109 Å².